The van der Waals surface area contributed by atoms with Gasteiger partial charge in [0.05, 0.1) is 10.9 Å². The van der Waals surface area contributed by atoms with Crippen LogP contribution in [0.3, 0.4) is 0 Å². The van der Waals surface area contributed by atoms with E-state index in [1.807, 2.05) is 0 Å². The molecule has 0 atom stereocenters. The van der Waals surface area contributed by atoms with E-state index >= 15 is 0 Å². The Morgan fingerprint density at radius 1 is 0.857 bits per heavy atom. The van der Waals surface area contributed by atoms with E-state index in [1.165, 1.54) is 6.92 Å². The standard InChI is InChI=1S/C16H12N2O3/c1-11(19)17-14-10-6-5-9-13(14)16(21)18(17)15(20)12-7-3-2-4-8-12/h2-10H,1H3. The first-order valence-electron chi connectivity index (χ1n) is 6.44. The molecule has 0 aliphatic rings. The van der Waals surface area contributed by atoms with Crippen molar-refractivity contribution in [2.45, 2.75) is 6.92 Å². The molecule has 0 aliphatic heterocycles. The number of fused-ring (bicyclic) bond motifs is 1. The van der Waals surface area contributed by atoms with E-state index in [2.05, 4.69) is 0 Å². The van der Waals surface area contributed by atoms with E-state index < -0.39 is 17.4 Å². The monoisotopic (exact) mass is 280 g/mol. The highest BCUT2D eigenvalue weighted by molar-refractivity contribution is 6.00. The molecule has 0 bridgehead atoms. The van der Waals surface area contributed by atoms with Crippen LogP contribution >= 0.6 is 0 Å². The van der Waals surface area contributed by atoms with Gasteiger partial charge in [0.25, 0.3) is 11.5 Å². The van der Waals surface area contributed by atoms with E-state index in [9.17, 15) is 14.4 Å². The van der Waals surface area contributed by atoms with Gasteiger partial charge in [-0.3, -0.25) is 14.4 Å². The first-order chi connectivity index (χ1) is 10.1. The normalized spacial score (nSPS) is 10.7. The molecular weight excluding hydrogens is 268 g/mol. The second kappa shape index (κ2) is 4.86. The van der Waals surface area contributed by atoms with Crippen LogP contribution in [0.1, 0.15) is 22.1 Å². The minimum atomic E-state index is -0.521. The SMILES string of the molecule is CC(=O)n1c2ccccc2c(=O)n1C(=O)c1ccccc1. The van der Waals surface area contributed by atoms with E-state index in [0.29, 0.717) is 16.5 Å². The third-order valence-corrected chi connectivity index (χ3v) is 3.27. The molecule has 0 amide bonds. The van der Waals surface area contributed by atoms with E-state index in [0.717, 1.165) is 9.36 Å². The second-order valence-corrected chi connectivity index (χ2v) is 4.64. The highest BCUT2D eigenvalue weighted by Crippen LogP contribution is 2.12. The lowest BCUT2D eigenvalue weighted by atomic mass is 10.2. The van der Waals surface area contributed by atoms with Crippen molar-refractivity contribution in [3.05, 3.63) is 70.5 Å². The van der Waals surface area contributed by atoms with Crippen molar-refractivity contribution >= 4 is 22.7 Å². The minimum Gasteiger partial charge on any atom is -0.273 e. The zero-order chi connectivity index (χ0) is 15.0. The van der Waals surface area contributed by atoms with Crippen molar-refractivity contribution in [1.82, 2.24) is 9.36 Å². The van der Waals surface area contributed by atoms with Crippen molar-refractivity contribution in [2.75, 3.05) is 0 Å². The van der Waals surface area contributed by atoms with Crippen molar-refractivity contribution in [3.63, 3.8) is 0 Å². The predicted octanol–water partition coefficient (Wildman–Crippen LogP) is 2.15. The minimum absolute atomic E-state index is 0.344. The average molecular weight is 280 g/mol. The number of para-hydroxylation sites is 1. The van der Waals surface area contributed by atoms with Gasteiger partial charge >= 0.3 is 0 Å². The fourth-order valence-corrected chi connectivity index (χ4v) is 2.35. The highest BCUT2D eigenvalue weighted by atomic mass is 16.2. The molecular formula is C16H12N2O3. The van der Waals surface area contributed by atoms with Gasteiger partial charge in [-0.15, -0.1) is 0 Å². The zero-order valence-corrected chi connectivity index (χ0v) is 11.3. The van der Waals surface area contributed by atoms with Crippen molar-refractivity contribution in [1.29, 1.82) is 0 Å². The lowest BCUT2D eigenvalue weighted by Crippen LogP contribution is -2.32. The molecule has 3 aromatic rings. The van der Waals surface area contributed by atoms with Crippen LogP contribution in [-0.2, 0) is 0 Å². The van der Waals surface area contributed by atoms with Crippen LogP contribution in [0.15, 0.2) is 59.4 Å². The number of carbonyl (C=O) groups excluding carboxylic acids is 2. The Morgan fingerprint density at radius 3 is 2.14 bits per heavy atom. The summed E-state index contributed by atoms with van der Waals surface area (Å²) in [5.74, 6) is -0.912. The number of carbonyl (C=O) groups is 2. The largest absolute Gasteiger partial charge is 0.282 e. The Balaban J connectivity index is 2.35. The number of hydrogen-bond donors (Lipinski definition) is 0. The molecule has 1 aromatic heterocycles. The molecule has 21 heavy (non-hydrogen) atoms. The van der Waals surface area contributed by atoms with Crippen LogP contribution in [0.2, 0.25) is 0 Å². The molecule has 104 valence electrons. The molecule has 0 unspecified atom stereocenters. The summed E-state index contributed by atoms with van der Waals surface area (Å²) in [5.41, 5.74) is 0.291. The van der Waals surface area contributed by atoms with E-state index in [1.54, 1.807) is 54.6 Å². The third kappa shape index (κ3) is 1.99. The maximum absolute atomic E-state index is 12.6. The van der Waals surface area contributed by atoms with Gasteiger partial charge in [-0.1, -0.05) is 30.3 Å². The second-order valence-electron chi connectivity index (χ2n) is 4.64. The Hall–Kier alpha value is -2.95. The summed E-state index contributed by atoms with van der Waals surface area (Å²) in [6.45, 7) is 1.32. The fourth-order valence-electron chi connectivity index (χ4n) is 2.35. The van der Waals surface area contributed by atoms with Crippen LogP contribution in [-0.4, -0.2) is 21.2 Å². The Kier molecular flexibility index (Phi) is 3.02. The van der Waals surface area contributed by atoms with Crippen LogP contribution in [0.5, 0.6) is 0 Å². The summed E-state index contributed by atoms with van der Waals surface area (Å²) in [6, 6.07) is 15.1. The molecule has 0 spiro atoms. The van der Waals surface area contributed by atoms with Gasteiger partial charge in [-0.05, 0) is 24.3 Å². The smallest absolute Gasteiger partial charge is 0.273 e. The summed E-state index contributed by atoms with van der Waals surface area (Å²) in [5, 5.41) is 0.344. The summed E-state index contributed by atoms with van der Waals surface area (Å²) in [7, 11) is 0. The van der Waals surface area contributed by atoms with Crippen LogP contribution in [0.4, 0.5) is 0 Å². The molecule has 1 heterocycles. The maximum Gasteiger partial charge on any atom is 0.282 e. The Bertz CT molecular complexity index is 904. The van der Waals surface area contributed by atoms with Crippen molar-refractivity contribution in [3.8, 4) is 0 Å². The topological polar surface area (TPSA) is 61.1 Å². The number of benzene rings is 2. The zero-order valence-electron chi connectivity index (χ0n) is 11.3. The van der Waals surface area contributed by atoms with Gasteiger partial charge in [-0.25, -0.2) is 4.68 Å². The molecule has 0 saturated carbocycles. The fraction of sp³-hybridized carbons (Fsp3) is 0.0625. The lowest BCUT2D eigenvalue weighted by molar-refractivity contribution is 0.0836. The molecule has 5 heteroatoms. The quantitative estimate of drug-likeness (QED) is 0.686. The molecule has 0 fully saturated rings. The molecule has 5 nitrogen and oxygen atoms in total. The van der Waals surface area contributed by atoms with Gasteiger partial charge in [0.1, 0.15) is 0 Å². The maximum atomic E-state index is 12.6. The van der Waals surface area contributed by atoms with Crippen LogP contribution in [0.25, 0.3) is 10.9 Å². The van der Waals surface area contributed by atoms with E-state index in [4.69, 9.17) is 0 Å². The predicted molar refractivity (Wildman–Crippen MR) is 78.7 cm³/mol. The number of hydrogen-bond acceptors (Lipinski definition) is 3. The van der Waals surface area contributed by atoms with Gasteiger partial charge in [0, 0.05) is 12.5 Å². The first kappa shape index (κ1) is 13.1. The van der Waals surface area contributed by atoms with Crippen LogP contribution < -0.4 is 5.56 Å². The summed E-state index contributed by atoms with van der Waals surface area (Å²) in [6.07, 6.45) is 0. The number of aromatic nitrogens is 2. The first-order valence-corrected chi connectivity index (χ1v) is 6.44. The molecule has 2 aromatic carbocycles. The Labute approximate surface area is 120 Å². The van der Waals surface area contributed by atoms with Gasteiger partial charge in [0.2, 0.25) is 5.91 Å². The molecule has 3 rings (SSSR count). The number of nitrogens with zero attached hydrogens (tertiary/aromatic N) is 2. The van der Waals surface area contributed by atoms with Gasteiger partial charge in [-0.2, -0.15) is 4.68 Å². The average Bonchev–Trinajstić information content (AvgIpc) is 2.81. The number of rotatable bonds is 1. The summed E-state index contributed by atoms with van der Waals surface area (Å²) < 4.78 is 2.01. The van der Waals surface area contributed by atoms with Crippen molar-refractivity contribution < 1.29 is 9.59 Å². The molecule has 0 radical (unpaired) electrons. The molecule has 0 aliphatic carbocycles. The highest BCUT2D eigenvalue weighted by Gasteiger charge is 2.21. The Morgan fingerprint density at radius 2 is 1.48 bits per heavy atom. The summed E-state index contributed by atoms with van der Waals surface area (Å²) in [4.78, 5) is 36.9. The van der Waals surface area contributed by atoms with E-state index in [-0.39, 0.29) is 0 Å². The summed E-state index contributed by atoms with van der Waals surface area (Å²) >= 11 is 0. The third-order valence-electron chi connectivity index (χ3n) is 3.27. The van der Waals surface area contributed by atoms with Crippen molar-refractivity contribution in [2.24, 2.45) is 0 Å². The van der Waals surface area contributed by atoms with Gasteiger partial charge in [0.15, 0.2) is 0 Å². The van der Waals surface area contributed by atoms with Crippen LogP contribution in [0, 0.1) is 0 Å². The molecule has 0 N–H and O–H groups in total. The lowest BCUT2D eigenvalue weighted by Gasteiger charge is -2.07. The molecule has 0 saturated heterocycles. The van der Waals surface area contributed by atoms with Gasteiger partial charge < -0.3 is 0 Å².